The summed E-state index contributed by atoms with van der Waals surface area (Å²) >= 11 is 0. The molecule has 0 unspecified atom stereocenters. The number of rotatable bonds is 3. The number of hydrogen-bond donors (Lipinski definition) is 1. The number of aryl methyl sites for hydroxylation is 1. The van der Waals surface area contributed by atoms with Crippen LogP contribution in [-0.4, -0.2) is 48.7 Å². The number of primary amides is 1. The van der Waals surface area contributed by atoms with Crippen LogP contribution in [0, 0.1) is 18.8 Å². The third kappa shape index (κ3) is 2.69. The molecule has 3 fully saturated rings. The Labute approximate surface area is 142 Å². The lowest BCUT2D eigenvalue weighted by molar-refractivity contribution is -0.123. The van der Waals surface area contributed by atoms with Gasteiger partial charge in [-0.2, -0.15) is 0 Å². The van der Waals surface area contributed by atoms with Gasteiger partial charge < -0.3 is 10.6 Å². The summed E-state index contributed by atoms with van der Waals surface area (Å²) in [5.74, 6) is 0.786. The Hall–Kier alpha value is -1.62. The fourth-order valence-corrected chi connectivity index (χ4v) is 5.07. The highest BCUT2D eigenvalue weighted by Gasteiger charge is 2.49. The van der Waals surface area contributed by atoms with Crippen molar-refractivity contribution in [1.29, 1.82) is 0 Å². The van der Waals surface area contributed by atoms with Crippen molar-refractivity contribution in [1.82, 2.24) is 4.90 Å². The van der Waals surface area contributed by atoms with Gasteiger partial charge in [0.2, 0.25) is 5.91 Å². The Morgan fingerprint density at radius 3 is 2.62 bits per heavy atom. The van der Waals surface area contributed by atoms with Gasteiger partial charge in [0.05, 0.1) is 6.04 Å². The van der Waals surface area contributed by atoms with Crippen molar-refractivity contribution in [3.05, 3.63) is 29.8 Å². The second kappa shape index (κ2) is 6.03. The number of nitrogens with zero attached hydrogens (tertiary/aromatic N) is 2. The average Bonchev–Trinajstić information content (AvgIpc) is 3.21. The zero-order valence-electron chi connectivity index (χ0n) is 14.2. The Kier molecular flexibility index (Phi) is 3.99. The van der Waals surface area contributed by atoms with Gasteiger partial charge in [-0.3, -0.25) is 9.69 Å². The van der Waals surface area contributed by atoms with Crippen molar-refractivity contribution < 1.29 is 9.18 Å². The van der Waals surface area contributed by atoms with E-state index >= 15 is 0 Å². The average molecular weight is 331 g/mol. The third-order valence-electron chi connectivity index (χ3n) is 6.26. The molecule has 2 heterocycles. The minimum Gasteiger partial charge on any atom is -0.371 e. The SMILES string of the molecule is Cc1ccc(N2C[C@H]3CC[C@H](N4C[C@H](F)C[C@H]4C(N)=O)[C@H]3C2)cc1. The Morgan fingerprint density at radius 2 is 1.92 bits per heavy atom. The number of alkyl halides is 1. The molecule has 5 heteroatoms. The summed E-state index contributed by atoms with van der Waals surface area (Å²) in [4.78, 5) is 16.3. The second-order valence-corrected chi connectivity index (χ2v) is 7.76. The van der Waals surface area contributed by atoms with Gasteiger partial charge in [0.25, 0.3) is 0 Å². The van der Waals surface area contributed by atoms with E-state index in [1.54, 1.807) is 0 Å². The molecule has 0 spiro atoms. The van der Waals surface area contributed by atoms with Crippen molar-refractivity contribution in [2.45, 2.75) is 44.4 Å². The summed E-state index contributed by atoms with van der Waals surface area (Å²) in [5, 5.41) is 0. The van der Waals surface area contributed by atoms with E-state index in [-0.39, 0.29) is 12.3 Å². The number of anilines is 1. The summed E-state index contributed by atoms with van der Waals surface area (Å²) in [6, 6.07) is 8.55. The summed E-state index contributed by atoms with van der Waals surface area (Å²) in [5.41, 5.74) is 8.07. The molecule has 1 aromatic rings. The minimum absolute atomic E-state index is 0.269. The van der Waals surface area contributed by atoms with Gasteiger partial charge in [-0.25, -0.2) is 4.39 Å². The molecule has 1 amide bonds. The molecule has 2 N–H and O–H groups in total. The van der Waals surface area contributed by atoms with Crippen LogP contribution < -0.4 is 10.6 Å². The van der Waals surface area contributed by atoms with Crippen molar-refractivity contribution in [3.63, 3.8) is 0 Å². The standard InChI is InChI=1S/C19H26FN3O/c1-12-2-5-15(6-3-12)22-9-13-4-7-17(16(13)11-22)23-10-14(20)8-18(23)19(21)24/h2-3,5-6,13-14,16-18H,4,7-11H2,1H3,(H2,21,24)/t13-,14-,16+,17+,18+/m1/s1. The smallest absolute Gasteiger partial charge is 0.234 e. The molecule has 1 aliphatic carbocycles. The van der Waals surface area contributed by atoms with Gasteiger partial charge in [-0.05, 0) is 43.7 Å². The van der Waals surface area contributed by atoms with Gasteiger partial charge in [-0.15, -0.1) is 0 Å². The first-order valence-electron chi connectivity index (χ1n) is 9.03. The van der Waals surface area contributed by atoms with Crippen LogP contribution in [0.25, 0.3) is 0 Å². The predicted octanol–water partition coefficient (Wildman–Crippen LogP) is 2.11. The molecule has 1 aromatic carbocycles. The maximum Gasteiger partial charge on any atom is 0.234 e. The maximum atomic E-state index is 13.9. The van der Waals surface area contributed by atoms with Crippen LogP contribution >= 0.6 is 0 Å². The van der Waals surface area contributed by atoms with E-state index in [9.17, 15) is 9.18 Å². The topological polar surface area (TPSA) is 49.6 Å². The maximum absolute atomic E-state index is 13.9. The number of benzene rings is 1. The van der Waals surface area contributed by atoms with Gasteiger partial charge >= 0.3 is 0 Å². The second-order valence-electron chi connectivity index (χ2n) is 7.76. The van der Waals surface area contributed by atoms with E-state index in [2.05, 4.69) is 41.0 Å². The molecule has 5 atom stereocenters. The lowest BCUT2D eigenvalue weighted by Gasteiger charge is -2.33. The van der Waals surface area contributed by atoms with Gasteiger partial charge in [0.15, 0.2) is 0 Å². The molecule has 24 heavy (non-hydrogen) atoms. The Bertz CT molecular complexity index is 620. The van der Waals surface area contributed by atoms with E-state index in [1.807, 2.05) is 0 Å². The molecule has 2 aliphatic heterocycles. The van der Waals surface area contributed by atoms with E-state index in [0.717, 1.165) is 25.9 Å². The van der Waals surface area contributed by atoms with Crippen LogP contribution in [0.3, 0.4) is 0 Å². The first-order valence-corrected chi connectivity index (χ1v) is 9.03. The molecular formula is C19H26FN3O. The molecule has 4 rings (SSSR count). The van der Waals surface area contributed by atoms with Crippen LogP contribution in [0.4, 0.5) is 10.1 Å². The van der Waals surface area contributed by atoms with Gasteiger partial charge in [0.1, 0.15) is 6.17 Å². The zero-order chi connectivity index (χ0) is 16.8. The fraction of sp³-hybridized carbons (Fsp3) is 0.632. The molecule has 4 nitrogen and oxygen atoms in total. The first-order chi connectivity index (χ1) is 11.5. The largest absolute Gasteiger partial charge is 0.371 e. The molecule has 3 aliphatic rings. The van der Waals surface area contributed by atoms with Crippen LogP contribution in [0.15, 0.2) is 24.3 Å². The summed E-state index contributed by atoms with van der Waals surface area (Å²) in [6.07, 6.45) is 1.57. The lowest BCUT2D eigenvalue weighted by atomic mass is 9.96. The number of hydrogen-bond acceptors (Lipinski definition) is 3. The number of halogens is 1. The van der Waals surface area contributed by atoms with Crippen molar-refractivity contribution >= 4 is 11.6 Å². The summed E-state index contributed by atoms with van der Waals surface area (Å²) < 4.78 is 13.9. The number of likely N-dealkylation sites (tertiary alicyclic amines) is 1. The van der Waals surface area contributed by atoms with Gasteiger partial charge in [0, 0.05) is 37.8 Å². The highest BCUT2D eigenvalue weighted by Crippen LogP contribution is 2.44. The van der Waals surface area contributed by atoms with Crippen molar-refractivity contribution in [3.8, 4) is 0 Å². The zero-order valence-corrected chi connectivity index (χ0v) is 14.2. The highest BCUT2D eigenvalue weighted by molar-refractivity contribution is 5.80. The molecule has 2 saturated heterocycles. The van der Waals surface area contributed by atoms with Crippen molar-refractivity contribution in [2.75, 3.05) is 24.5 Å². The van der Waals surface area contributed by atoms with E-state index < -0.39 is 12.2 Å². The summed E-state index contributed by atoms with van der Waals surface area (Å²) in [7, 11) is 0. The molecule has 130 valence electrons. The number of carbonyl (C=O) groups is 1. The minimum atomic E-state index is -0.920. The highest BCUT2D eigenvalue weighted by atomic mass is 19.1. The number of amides is 1. The normalized spacial score (nSPS) is 36.2. The molecule has 1 saturated carbocycles. The number of fused-ring (bicyclic) bond motifs is 1. The fourth-order valence-electron chi connectivity index (χ4n) is 5.07. The lowest BCUT2D eigenvalue weighted by Crippen LogP contribution is -2.48. The van der Waals surface area contributed by atoms with Crippen LogP contribution in [-0.2, 0) is 4.79 Å². The monoisotopic (exact) mass is 331 g/mol. The quantitative estimate of drug-likeness (QED) is 0.923. The van der Waals surface area contributed by atoms with Gasteiger partial charge in [-0.1, -0.05) is 17.7 Å². The van der Waals surface area contributed by atoms with Crippen LogP contribution in [0.1, 0.15) is 24.8 Å². The molecule has 0 aromatic heterocycles. The Balaban J connectivity index is 1.50. The van der Waals surface area contributed by atoms with E-state index in [0.29, 0.717) is 24.4 Å². The van der Waals surface area contributed by atoms with E-state index in [4.69, 9.17) is 5.73 Å². The predicted molar refractivity (Wildman–Crippen MR) is 92.6 cm³/mol. The Morgan fingerprint density at radius 1 is 1.17 bits per heavy atom. The number of nitrogens with two attached hydrogens (primary N) is 1. The van der Waals surface area contributed by atoms with E-state index in [1.165, 1.54) is 11.3 Å². The number of carbonyl (C=O) groups excluding carboxylic acids is 1. The van der Waals surface area contributed by atoms with Crippen LogP contribution in [0.5, 0.6) is 0 Å². The summed E-state index contributed by atoms with van der Waals surface area (Å²) in [6.45, 7) is 4.53. The first kappa shape index (κ1) is 15.9. The molecule has 0 bridgehead atoms. The molecule has 0 radical (unpaired) electrons. The third-order valence-corrected chi connectivity index (χ3v) is 6.26. The van der Waals surface area contributed by atoms with Crippen molar-refractivity contribution in [2.24, 2.45) is 17.6 Å². The molecular weight excluding hydrogens is 305 g/mol. The van der Waals surface area contributed by atoms with Crippen LogP contribution in [0.2, 0.25) is 0 Å².